The molecule has 0 radical (unpaired) electrons. The van der Waals surface area contributed by atoms with Crippen LogP contribution in [0.2, 0.25) is 0 Å². The highest BCUT2D eigenvalue weighted by Gasteiger charge is 2.35. The van der Waals surface area contributed by atoms with Crippen molar-refractivity contribution in [1.82, 2.24) is 9.80 Å². The van der Waals surface area contributed by atoms with Gasteiger partial charge in [-0.05, 0) is 31.6 Å². The summed E-state index contributed by atoms with van der Waals surface area (Å²) in [6.07, 6.45) is 3.59. The van der Waals surface area contributed by atoms with E-state index < -0.39 is 6.04 Å². The third-order valence-corrected chi connectivity index (χ3v) is 6.04. The average Bonchev–Trinajstić information content (AvgIpc) is 2.71. The van der Waals surface area contributed by atoms with E-state index >= 15 is 0 Å². The van der Waals surface area contributed by atoms with Gasteiger partial charge in [0.05, 0.1) is 19.1 Å². The molecule has 0 unspecified atom stereocenters. The van der Waals surface area contributed by atoms with Crippen LogP contribution in [0, 0.1) is 17.8 Å². The second-order valence-electron chi connectivity index (χ2n) is 7.63. The number of piperidine rings is 2. The second kappa shape index (κ2) is 9.35. The molecular weight excluding hydrogens is 334 g/mol. The maximum absolute atomic E-state index is 12.7. The number of rotatable bonds is 5. The van der Waals surface area contributed by atoms with Crippen LogP contribution >= 0.6 is 0 Å². The van der Waals surface area contributed by atoms with Crippen molar-refractivity contribution in [2.45, 2.75) is 52.0 Å². The summed E-state index contributed by atoms with van der Waals surface area (Å²) in [6.45, 7) is 6.44. The summed E-state index contributed by atoms with van der Waals surface area (Å²) in [5.41, 5.74) is 6.06. The van der Waals surface area contributed by atoms with E-state index in [1.165, 1.54) is 7.11 Å². The highest BCUT2D eigenvalue weighted by molar-refractivity contribution is 5.83. The van der Waals surface area contributed by atoms with Crippen molar-refractivity contribution in [2.75, 3.05) is 33.3 Å². The molecule has 2 aliphatic rings. The first-order valence-electron chi connectivity index (χ1n) is 9.80. The molecule has 2 heterocycles. The third kappa shape index (κ3) is 4.75. The lowest BCUT2D eigenvalue weighted by Crippen LogP contribution is -2.51. The Bertz CT molecular complexity index is 509. The lowest BCUT2D eigenvalue weighted by atomic mass is 9.91. The largest absolute Gasteiger partial charge is 0.469 e. The van der Waals surface area contributed by atoms with Gasteiger partial charge in [0.1, 0.15) is 0 Å². The van der Waals surface area contributed by atoms with Gasteiger partial charge >= 0.3 is 5.97 Å². The van der Waals surface area contributed by atoms with E-state index in [1.807, 2.05) is 23.6 Å². The second-order valence-corrected chi connectivity index (χ2v) is 7.63. The van der Waals surface area contributed by atoms with Gasteiger partial charge < -0.3 is 20.3 Å². The molecule has 0 aromatic carbocycles. The zero-order chi connectivity index (χ0) is 19.3. The van der Waals surface area contributed by atoms with Crippen molar-refractivity contribution < 1.29 is 19.1 Å². The van der Waals surface area contributed by atoms with Crippen molar-refractivity contribution in [3.8, 4) is 0 Å². The first kappa shape index (κ1) is 20.7. The van der Waals surface area contributed by atoms with Crippen LogP contribution in [-0.2, 0) is 19.1 Å². The van der Waals surface area contributed by atoms with Crippen LogP contribution in [0.15, 0.2) is 0 Å². The molecule has 2 amide bonds. The number of carbonyl (C=O) groups is 3. The molecule has 2 fully saturated rings. The van der Waals surface area contributed by atoms with Crippen LogP contribution in [0.25, 0.3) is 0 Å². The molecule has 7 nitrogen and oxygen atoms in total. The van der Waals surface area contributed by atoms with E-state index in [0.717, 1.165) is 6.42 Å². The number of hydrogen-bond donors (Lipinski definition) is 1. The highest BCUT2D eigenvalue weighted by Crippen LogP contribution is 2.25. The number of likely N-dealkylation sites (tertiary alicyclic amines) is 2. The number of amides is 2. The molecule has 0 bridgehead atoms. The van der Waals surface area contributed by atoms with E-state index in [4.69, 9.17) is 10.5 Å². The Morgan fingerprint density at radius 3 is 2.00 bits per heavy atom. The summed E-state index contributed by atoms with van der Waals surface area (Å²) in [7, 11) is 1.40. The van der Waals surface area contributed by atoms with Crippen LogP contribution in [0.3, 0.4) is 0 Å². The van der Waals surface area contributed by atoms with Crippen molar-refractivity contribution in [3.05, 3.63) is 0 Å². The molecule has 2 rings (SSSR count). The normalized spacial score (nSPS) is 22.0. The van der Waals surface area contributed by atoms with Gasteiger partial charge in [-0.3, -0.25) is 14.4 Å². The predicted molar refractivity (Wildman–Crippen MR) is 98.1 cm³/mol. The molecule has 0 aromatic heterocycles. The van der Waals surface area contributed by atoms with Crippen LogP contribution in [0.1, 0.15) is 46.0 Å². The quantitative estimate of drug-likeness (QED) is 0.732. The molecule has 7 heteroatoms. The smallest absolute Gasteiger partial charge is 0.308 e. The van der Waals surface area contributed by atoms with E-state index in [-0.39, 0.29) is 35.5 Å². The van der Waals surface area contributed by atoms with Gasteiger partial charge in [0.15, 0.2) is 0 Å². The van der Waals surface area contributed by atoms with E-state index in [9.17, 15) is 14.4 Å². The first-order valence-corrected chi connectivity index (χ1v) is 9.80. The number of nitrogens with two attached hydrogens (primary N) is 1. The average molecular weight is 367 g/mol. The molecule has 0 saturated carbocycles. The Balaban J connectivity index is 1.80. The lowest BCUT2D eigenvalue weighted by molar-refractivity contribution is -0.150. The van der Waals surface area contributed by atoms with Gasteiger partial charge in [-0.1, -0.05) is 20.3 Å². The number of ether oxygens (including phenoxy) is 1. The minimum atomic E-state index is -0.454. The fourth-order valence-corrected chi connectivity index (χ4v) is 3.82. The topological polar surface area (TPSA) is 92.9 Å². The van der Waals surface area contributed by atoms with Gasteiger partial charge in [0.2, 0.25) is 11.8 Å². The number of carbonyl (C=O) groups excluding carboxylic acids is 3. The Morgan fingerprint density at radius 2 is 1.50 bits per heavy atom. The van der Waals surface area contributed by atoms with Gasteiger partial charge in [0, 0.05) is 32.1 Å². The van der Waals surface area contributed by atoms with E-state index in [2.05, 4.69) is 0 Å². The van der Waals surface area contributed by atoms with Crippen molar-refractivity contribution in [3.63, 3.8) is 0 Å². The van der Waals surface area contributed by atoms with Gasteiger partial charge in [-0.2, -0.15) is 0 Å². The Kier molecular flexibility index (Phi) is 7.43. The maximum Gasteiger partial charge on any atom is 0.308 e. The van der Waals surface area contributed by atoms with Crippen LogP contribution in [0.5, 0.6) is 0 Å². The molecule has 2 N–H and O–H groups in total. The summed E-state index contributed by atoms with van der Waals surface area (Å²) in [4.78, 5) is 40.5. The molecule has 0 aromatic rings. The SMILES string of the molecule is CC[C@H](C)[C@H](N)C(=O)N1CCC(C(=O)N2CCC(C(=O)OC)CC2)CC1. The Hall–Kier alpha value is -1.63. The minimum absolute atomic E-state index is 0.00383. The summed E-state index contributed by atoms with van der Waals surface area (Å²) < 4.78 is 4.79. The van der Waals surface area contributed by atoms with Crippen molar-refractivity contribution in [1.29, 1.82) is 0 Å². The van der Waals surface area contributed by atoms with Crippen molar-refractivity contribution in [2.24, 2.45) is 23.5 Å². The molecule has 0 spiro atoms. The number of nitrogens with zero attached hydrogens (tertiary/aromatic N) is 2. The predicted octanol–water partition coefficient (Wildman–Crippen LogP) is 1.01. The monoisotopic (exact) mass is 367 g/mol. The van der Waals surface area contributed by atoms with Gasteiger partial charge in [-0.25, -0.2) is 0 Å². The van der Waals surface area contributed by atoms with Crippen LogP contribution < -0.4 is 5.73 Å². The number of esters is 1. The molecular formula is C19H33N3O4. The molecule has 26 heavy (non-hydrogen) atoms. The van der Waals surface area contributed by atoms with Crippen molar-refractivity contribution >= 4 is 17.8 Å². The maximum atomic E-state index is 12.7. The lowest BCUT2D eigenvalue weighted by Gasteiger charge is -2.37. The summed E-state index contributed by atoms with van der Waals surface area (Å²) in [5.74, 6) is 0.0226. The number of methoxy groups -OCH3 is 1. The first-order chi connectivity index (χ1) is 12.4. The van der Waals surface area contributed by atoms with Gasteiger partial charge in [-0.15, -0.1) is 0 Å². The summed E-state index contributed by atoms with van der Waals surface area (Å²) in [6, 6.07) is -0.454. The summed E-state index contributed by atoms with van der Waals surface area (Å²) >= 11 is 0. The zero-order valence-corrected chi connectivity index (χ0v) is 16.3. The molecule has 2 aliphatic heterocycles. The fraction of sp³-hybridized carbons (Fsp3) is 0.842. The molecule has 0 aliphatic carbocycles. The standard InChI is InChI=1S/C19H33N3O4/c1-4-13(2)16(20)18(24)22-9-5-14(6-10-22)17(23)21-11-7-15(8-12-21)19(25)26-3/h13-16H,4-12,20H2,1-3H3/t13-,16-/m0/s1. The van der Waals surface area contributed by atoms with Crippen LogP contribution in [0.4, 0.5) is 0 Å². The Morgan fingerprint density at radius 1 is 1.00 bits per heavy atom. The number of hydrogen-bond acceptors (Lipinski definition) is 5. The zero-order valence-electron chi connectivity index (χ0n) is 16.3. The molecule has 2 saturated heterocycles. The highest BCUT2D eigenvalue weighted by atomic mass is 16.5. The van der Waals surface area contributed by atoms with Gasteiger partial charge in [0.25, 0.3) is 0 Å². The fourth-order valence-electron chi connectivity index (χ4n) is 3.82. The van der Waals surface area contributed by atoms with E-state index in [0.29, 0.717) is 51.9 Å². The molecule has 2 atom stereocenters. The van der Waals surface area contributed by atoms with Crippen LogP contribution in [-0.4, -0.2) is 66.9 Å². The molecule has 148 valence electrons. The van der Waals surface area contributed by atoms with E-state index in [1.54, 1.807) is 0 Å². The Labute approximate surface area is 156 Å². The third-order valence-electron chi connectivity index (χ3n) is 6.04. The summed E-state index contributed by atoms with van der Waals surface area (Å²) in [5, 5.41) is 0. The minimum Gasteiger partial charge on any atom is -0.469 e.